The van der Waals surface area contributed by atoms with Crippen LogP contribution in [0.5, 0.6) is 0 Å². The molecule has 0 radical (unpaired) electrons. The Labute approximate surface area is 149 Å². The molecule has 1 amide bonds. The summed E-state index contributed by atoms with van der Waals surface area (Å²) in [5, 5.41) is 0. The molecule has 1 aromatic carbocycles. The Morgan fingerprint density at radius 2 is 1.83 bits per heavy atom. The molecule has 2 rings (SSSR count). The molecule has 0 aliphatic carbocycles. The third-order valence-corrected chi connectivity index (χ3v) is 5.19. The van der Waals surface area contributed by atoms with Crippen LogP contribution in [0, 0.1) is 0 Å². The number of nitrogens with zero attached hydrogens (tertiary/aromatic N) is 1. The van der Waals surface area contributed by atoms with Crippen LogP contribution < -0.4 is 0 Å². The summed E-state index contributed by atoms with van der Waals surface area (Å²) < 4.78 is 1.09. The number of carbonyl (C=O) groups excluding carboxylic acids is 1. The van der Waals surface area contributed by atoms with E-state index >= 15 is 0 Å². The molecule has 126 valence electrons. The van der Waals surface area contributed by atoms with Gasteiger partial charge in [-0.1, -0.05) is 50.5 Å². The topological polar surface area (TPSA) is 20.3 Å². The third-order valence-electron chi connectivity index (χ3n) is 4.31. The second-order valence-corrected chi connectivity index (χ2v) is 8.10. The van der Waals surface area contributed by atoms with Crippen molar-refractivity contribution in [2.24, 2.45) is 0 Å². The zero-order valence-corrected chi connectivity index (χ0v) is 16.4. The maximum absolute atomic E-state index is 12.9. The number of benzene rings is 1. The van der Waals surface area contributed by atoms with E-state index in [-0.39, 0.29) is 11.4 Å². The van der Waals surface area contributed by atoms with Crippen molar-refractivity contribution < 1.29 is 4.79 Å². The van der Waals surface area contributed by atoms with Crippen molar-refractivity contribution in [1.82, 2.24) is 4.90 Å². The van der Waals surface area contributed by atoms with E-state index < -0.39 is 0 Å². The zero-order chi connectivity index (χ0) is 17.0. The SMILES string of the molecule is CCCCCCC1=C(Br)c2ccccc2CC(=O)N1C(C)(C)C. The highest BCUT2D eigenvalue weighted by molar-refractivity contribution is 9.15. The van der Waals surface area contributed by atoms with Crippen LogP contribution in [0.15, 0.2) is 30.0 Å². The summed E-state index contributed by atoms with van der Waals surface area (Å²) in [5.41, 5.74) is 3.21. The van der Waals surface area contributed by atoms with Gasteiger partial charge in [-0.25, -0.2) is 0 Å². The minimum Gasteiger partial charge on any atom is -0.309 e. The van der Waals surface area contributed by atoms with Crippen LogP contribution in [0.1, 0.15) is 70.9 Å². The largest absolute Gasteiger partial charge is 0.309 e. The van der Waals surface area contributed by atoms with Gasteiger partial charge in [-0.2, -0.15) is 0 Å². The predicted octanol–water partition coefficient (Wildman–Crippen LogP) is 5.90. The second-order valence-electron chi connectivity index (χ2n) is 7.31. The monoisotopic (exact) mass is 377 g/mol. The average Bonchev–Trinajstić information content (AvgIpc) is 2.58. The third kappa shape index (κ3) is 4.26. The molecule has 0 unspecified atom stereocenters. The number of hydrogen-bond donors (Lipinski definition) is 0. The molecule has 1 aromatic rings. The first-order valence-corrected chi connectivity index (χ1v) is 9.45. The van der Waals surface area contributed by atoms with E-state index in [2.05, 4.69) is 55.8 Å². The van der Waals surface area contributed by atoms with Crippen LogP contribution in [-0.4, -0.2) is 16.3 Å². The van der Waals surface area contributed by atoms with Crippen LogP contribution in [0.3, 0.4) is 0 Å². The summed E-state index contributed by atoms with van der Waals surface area (Å²) in [6.45, 7) is 8.58. The van der Waals surface area contributed by atoms with E-state index in [0.717, 1.165) is 34.1 Å². The molecule has 0 atom stereocenters. The van der Waals surface area contributed by atoms with E-state index in [4.69, 9.17) is 0 Å². The maximum Gasteiger partial charge on any atom is 0.231 e. The molecular weight excluding hydrogens is 350 g/mol. The summed E-state index contributed by atoms with van der Waals surface area (Å²) in [4.78, 5) is 15.0. The van der Waals surface area contributed by atoms with Crippen molar-refractivity contribution in [2.45, 2.75) is 71.8 Å². The van der Waals surface area contributed by atoms with Crippen LogP contribution in [0.4, 0.5) is 0 Å². The molecule has 0 saturated carbocycles. The highest BCUT2D eigenvalue weighted by Gasteiger charge is 2.33. The smallest absolute Gasteiger partial charge is 0.231 e. The lowest BCUT2D eigenvalue weighted by Gasteiger charge is -2.37. The molecule has 1 aliphatic rings. The van der Waals surface area contributed by atoms with E-state index in [0.29, 0.717) is 6.42 Å². The number of fused-ring (bicyclic) bond motifs is 1. The number of allylic oxidation sites excluding steroid dienone is 1. The standard InChI is InChI=1S/C20H28BrNO/c1-5-6-7-8-13-17-19(21)16-12-10-9-11-15(16)14-18(23)22(17)20(2,3)4/h9-12H,5-8,13-14H2,1-4H3. The first kappa shape index (κ1) is 18.3. The Morgan fingerprint density at radius 3 is 2.48 bits per heavy atom. The van der Waals surface area contributed by atoms with Gasteiger partial charge in [0.1, 0.15) is 0 Å². The molecule has 0 saturated heterocycles. The number of hydrogen-bond acceptors (Lipinski definition) is 1. The number of rotatable bonds is 5. The van der Waals surface area contributed by atoms with Crippen molar-refractivity contribution in [3.05, 3.63) is 41.1 Å². The predicted molar refractivity (Wildman–Crippen MR) is 101 cm³/mol. The summed E-state index contributed by atoms with van der Waals surface area (Å²) >= 11 is 3.82. The van der Waals surface area contributed by atoms with Gasteiger partial charge in [0, 0.05) is 15.7 Å². The molecule has 1 aliphatic heterocycles. The highest BCUT2D eigenvalue weighted by atomic mass is 79.9. The molecule has 0 bridgehead atoms. The fourth-order valence-corrected chi connectivity index (χ4v) is 4.02. The quantitative estimate of drug-likeness (QED) is 0.584. The van der Waals surface area contributed by atoms with Crippen molar-refractivity contribution in [3.8, 4) is 0 Å². The molecule has 0 aromatic heterocycles. The first-order chi connectivity index (χ1) is 10.9. The lowest BCUT2D eigenvalue weighted by molar-refractivity contribution is -0.132. The normalized spacial score (nSPS) is 15.7. The molecule has 2 nitrogen and oxygen atoms in total. The Kier molecular flexibility index (Phi) is 6.07. The minimum absolute atomic E-state index is 0.199. The molecule has 23 heavy (non-hydrogen) atoms. The summed E-state index contributed by atoms with van der Waals surface area (Å²) in [6, 6.07) is 8.24. The Hall–Kier alpha value is -1.09. The summed E-state index contributed by atoms with van der Waals surface area (Å²) in [6.07, 6.45) is 6.24. The Morgan fingerprint density at radius 1 is 1.13 bits per heavy atom. The van der Waals surface area contributed by atoms with Crippen molar-refractivity contribution in [3.63, 3.8) is 0 Å². The van der Waals surface area contributed by atoms with Crippen LogP contribution in [0.2, 0.25) is 0 Å². The Bertz CT molecular complexity index is 598. The average molecular weight is 378 g/mol. The van der Waals surface area contributed by atoms with Crippen molar-refractivity contribution >= 4 is 26.3 Å². The van der Waals surface area contributed by atoms with E-state index in [9.17, 15) is 4.79 Å². The van der Waals surface area contributed by atoms with Gasteiger partial charge in [0.25, 0.3) is 0 Å². The van der Waals surface area contributed by atoms with E-state index in [1.165, 1.54) is 19.3 Å². The van der Waals surface area contributed by atoms with Gasteiger partial charge in [-0.15, -0.1) is 0 Å². The number of halogens is 1. The molecular formula is C20H28BrNO. The molecule has 0 N–H and O–H groups in total. The van der Waals surface area contributed by atoms with Crippen molar-refractivity contribution in [1.29, 1.82) is 0 Å². The lowest BCUT2D eigenvalue weighted by Crippen LogP contribution is -2.45. The van der Waals surface area contributed by atoms with Gasteiger partial charge in [-0.3, -0.25) is 4.79 Å². The number of carbonyl (C=O) groups is 1. The van der Waals surface area contributed by atoms with Crippen LogP contribution in [0.25, 0.3) is 4.48 Å². The Balaban J connectivity index is 2.43. The van der Waals surface area contributed by atoms with E-state index in [1.54, 1.807) is 0 Å². The fraction of sp³-hybridized carbons (Fsp3) is 0.550. The van der Waals surface area contributed by atoms with Gasteiger partial charge < -0.3 is 4.90 Å². The van der Waals surface area contributed by atoms with Crippen molar-refractivity contribution in [2.75, 3.05) is 0 Å². The van der Waals surface area contributed by atoms with Gasteiger partial charge >= 0.3 is 0 Å². The van der Waals surface area contributed by atoms with Gasteiger partial charge in [0.05, 0.1) is 6.42 Å². The van der Waals surface area contributed by atoms with E-state index in [1.807, 2.05) is 17.0 Å². The fourth-order valence-electron chi connectivity index (χ4n) is 3.25. The molecule has 3 heteroatoms. The van der Waals surface area contributed by atoms with Gasteiger partial charge in [0.2, 0.25) is 5.91 Å². The zero-order valence-electron chi connectivity index (χ0n) is 14.8. The molecule has 1 heterocycles. The van der Waals surface area contributed by atoms with Gasteiger partial charge in [-0.05, 0) is 60.7 Å². The van der Waals surface area contributed by atoms with Gasteiger partial charge in [0.15, 0.2) is 0 Å². The minimum atomic E-state index is -0.210. The first-order valence-electron chi connectivity index (χ1n) is 8.66. The second kappa shape index (κ2) is 7.65. The van der Waals surface area contributed by atoms with Crippen LogP contribution >= 0.6 is 15.9 Å². The van der Waals surface area contributed by atoms with Crippen LogP contribution in [-0.2, 0) is 11.2 Å². The summed E-state index contributed by atoms with van der Waals surface area (Å²) in [5.74, 6) is 0.199. The number of unbranched alkanes of at least 4 members (excludes halogenated alkanes) is 3. The molecule has 0 spiro atoms. The lowest BCUT2D eigenvalue weighted by atomic mass is 10.0. The summed E-state index contributed by atoms with van der Waals surface area (Å²) in [7, 11) is 0. The molecule has 0 fully saturated rings. The maximum atomic E-state index is 12.9. The highest BCUT2D eigenvalue weighted by Crippen LogP contribution is 2.38. The number of amides is 1.